The summed E-state index contributed by atoms with van der Waals surface area (Å²) in [4.78, 5) is 45.9. The average Bonchev–Trinajstić information content (AvgIpc) is 3.05. The molecular weight excluding hydrogens is 644 g/mol. The first-order valence-corrected chi connectivity index (χ1v) is 16.1. The van der Waals surface area contributed by atoms with Crippen LogP contribution in [-0.2, 0) is 80.8 Å². The van der Waals surface area contributed by atoms with E-state index in [0.717, 1.165) is 0 Å². The summed E-state index contributed by atoms with van der Waals surface area (Å²) in [7, 11) is 0. The van der Waals surface area contributed by atoms with Gasteiger partial charge >= 0.3 is 23.9 Å². The second-order valence-electron chi connectivity index (χ2n) is 9.75. The predicted octanol–water partition coefficient (Wildman–Crippen LogP) is 0.375. The highest BCUT2D eigenvalue weighted by Gasteiger charge is 2.32. The maximum absolute atomic E-state index is 11.5. The van der Waals surface area contributed by atoms with E-state index < -0.39 is 29.3 Å². The Morgan fingerprint density at radius 2 is 0.542 bits per heavy atom. The van der Waals surface area contributed by atoms with E-state index in [0.29, 0.717) is 0 Å². The lowest BCUT2D eigenvalue weighted by Gasteiger charge is -2.33. The number of hydrogen-bond acceptors (Lipinski definition) is 17. The molecule has 0 unspecified atom stereocenters. The number of carbonyl (C=O) groups excluding carboxylic acids is 4. The third kappa shape index (κ3) is 28.5. The normalized spacial score (nSPS) is 11.3. The number of rotatable bonds is 35. The van der Waals surface area contributed by atoms with E-state index in [1.54, 1.807) is 27.7 Å². The summed E-state index contributed by atoms with van der Waals surface area (Å²) in [5, 5.41) is 0. The van der Waals surface area contributed by atoms with Crippen molar-refractivity contribution in [3.8, 4) is 0 Å². The van der Waals surface area contributed by atoms with E-state index in [9.17, 15) is 19.2 Å². The molecule has 0 aliphatic heterocycles. The second kappa shape index (κ2) is 33.0. The molecule has 0 radical (unpaired) electrons. The Balaban J connectivity index is 5.06. The highest BCUT2D eigenvalue weighted by Crippen LogP contribution is 2.21. The van der Waals surface area contributed by atoms with Gasteiger partial charge < -0.3 is 61.6 Å². The fraction of sp³-hybridized carbons (Fsp3) is 0.871. The molecular formula is C31H56O17. The molecule has 0 heterocycles. The van der Waals surface area contributed by atoms with Gasteiger partial charge in [0.25, 0.3) is 0 Å². The SMILES string of the molecule is CCOC(=O)COCCOCCOCC(COCCOCC(=O)OCC)(COCCOCC(=O)OCC)COCCOCC(=O)OCC. The number of esters is 4. The van der Waals surface area contributed by atoms with Gasteiger partial charge in [-0.15, -0.1) is 0 Å². The third-order valence-corrected chi connectivity index (χ3v) is 5.59. The molecule has 0 saturated carbocycles. The number of carbonyl (C=O) groups is 4. The van der Waals surface area contributed by atoms with E-state index >= 15 is 0 Å². The van der Waals surface area contributed by atoms with Crippen molar-refractivity contribution in [3.05, 3.63) is 0 Å². The van der Waals surface area contributed by atoms with Crippen LogP contribution in [0, 0.1) is 5.41 Å². The van der Waals surface area contributed by atoms with E-state index in [-0.39, 0.29) is 145 Å². The molecule has 0 fully saturated rings. The zero-order valence-electron chi connectivity index (χ0n) is 29.0. The van der Waals surface area contributed by atoms with Crippen molar-refractivity contribution in [2.24, 2.45) is 5.41 Å². The van der Waals surface area contributed by atoms with E-state index in [2.05, 4.69) is 0 Å². The lowest BCUT2D eigenvalue weighted by molar-refractivity contribution is -0.151. The van der Waals surface area contributed by atoms with Crippen molar-refractivity contribution in [2.45, 2.75) is 27.7 Å². The Kier molecular flexibility index (Phi) is 31.3. The van der Waals surface area contributed by atoms with Gasteiger partial charge in [0.05, 0.1) is 124 Å². The smallest absolute Gasteiger partial charge is 0.332 e. The Morgan fingerprint density at radius 3 is 0.771 bits per heavy atom. The van der Waals surface area contributed by atoms with Gasteiger partial charge in [0.2, 0.25) is 0 Å². The highest BCUT2D eigenvalue weighted by molar-refractivity contribution is 5.71. The van der Waals surface area contributed by atoms with E-state index in [1.165, 1.54) is 0 Å². The average molecular weight is 701 g/mol. The Bertz CT molecular complexity index is 736. The molecule has 0 aromatic rings. The lowest BCUT2D eigenvalue weighted by atomic mass is 9.92. The van der Waals surface area contributed by atoms with Gasteiger partial charge in [-0.2, -0.15) is 0 Å². The van der Waals surface area contributed by atoms with Crippen LogP contribution >= 0.6 is 0 Å². The summed E-state index contributed by atoms with van der Waals surface area (Å²) >= 11 is 0. The van der Waals surface area contributed by atoms with Crippen LogP contribution in [0.2, 0.25) is 0 Å². The zero-order chi connectivity index (χ0) is 35.6. The molecule has 0 saturated heterocycles. The van der Waals surface area contributed by atoms with Gasteiger partial charge in [-0.3, -0.25) is 0 Å². The van der Waals surface area contributed by atoms with Crippen molar-refractivity contribution < 1.29 is 80.8 Å². The van der Waals surface area contributed by atoms with Crippen LogP contribution in [-0.4, -0.2) is 169 Å². The predicted molar refractivity (Wildman–Crippen MR) is 166 cm³/mol. The monoisotopic (exact) mass is 700 g/mol. The summed E-state index contributed by atoms with van der Waals surface area (Å²) < 4.78 is 69.6. The molecule has 0 aromatic carbocycles. The Labute approximate surface area is 283 Å². The van der Waals surface area contributed by atoms with Gasteiger partial charge in [0.15, 0.2) is 0 Å². The van der Waals surface area contributed by atoms with Gasteiger partial charge in [0.1, 0.15) is 26.4 Å². The topological polar surface area (TPSA) is 188 Å². The van der Waals surface area contributed by atoms with Crippen LogP contribution in [0.4, 0.5) is 0 Å². The van der Waals surface area contributed by atoms with Crippen LogP contribution in [0.3, 0.4) is 0 Å². The Morgan fingerprint density at radius 1 is 0.333 bits per heavy atom. The van der Waals surface area contributed by atoms with Crippen molar-refractivity contribution >= 4 is 23.9 Å². The first kappa shape index (κ1) is 45.5. The molecule has 0 spiro atoms. The third-order valence-electron chi connectivity index (χ3n) is 5.59. The van der Waals surface area contributed by atoms with Crippen molar-refractivity contribution in [2.75, 3.05) is 145 Å². The fourth-order valence-electron chi connectivity index (χ4n) is 3.53. The summed E-state index contributed by atoms with van der Waals surface area (Å²) in [5.41, 5.74) is -0.813. The van der Waals surface area contributed by atoms with Crippen LogP contribution in [0.1, 0.15) is 27.7 Å². The number of ether oxygens (including phenoxy) is 13. The molecule has 0 N–H and O–H groups in total. The van der Waals surface area contributed by atoms with Crippen molar-refractivity contribution in [1.29, 1.82) is 0 Å². The maximum Gasteiger partial charge on any atom is 0.332 e. The largest absolute Gasteiger partial charge is 0.464 e. The maximum atomic E-state index is 11.5. The van der Waals surface area contributed by atoms with Crippen LogP contribution in [0.5, 0.6) is 0 Å². The number of hydrogen-bond donors (Lipinski definition) is 0. The van der Waals surface area contributed by atoms with Crippen LogP contribution in [0.15, 0.2) is 0 Å². The summed E-state index contributed by atoms with van der Waals surface area (Å²) in [6.45, 7) is 9.63. The molecule has 0 bridgehead atoms. The van der Waals surface area contributed by atoms with Gasteiger partial charge in [-0.25, -0.2) is 19.2 Å². The quantitative estimate of drug-likeness (QED) is 0.0501. The van der Waals surface area contributed by atoms with Crippen molar-refractivity contribution in [1.82, 2.24) is 0 Å². The minimum atomic E-state index is -0.813. The minimum Gasteiger partial charge on any atom is -0.464 e. The standard InChI is InChI=1S/C31H56O17/c1-5-45-27(32)19-37-11-9-36-10-15-41-23-31(24-42-16-12-38-20-28(33)46-6-2,25-43-17-13-39-21-29(34)47-7-3)26-44-18-14-40-22-30(35)48-8-4/h5-26H2,1-4H3. The molecule has 17 nitrogen and oxygen atoms in total. The minimum absolute atomic E-state index is 0.131. The molecule has 0 aliphatic rings. The summed E-state index contributed by atoms with van der Waals surface area (Å²) in [6.07, 6.45) is 0. The lowest BCUT2D eigenvalue weighted by Crippen LogP contribution is -2.43. The van der Waals surface area contributed by atoms with Gasteiger partial charge in [-0.1, -0.05) is 0 Å². The van der Waals surface area contributed by atoms with Crippen molar-refractivity contribution in [3.63, 3.8) is 0 Å². The molecule has 282 valence electrons. The molecule has 0 atom stereocenters. The summed E-state index contributed by atoms with van der Waals surface area (Å²) in [5.74, 6) is -1.84. The van der Waals surface area contributed by atoms with Gasteiger partial charge in [-0.05, 0) is 27.7 Å². The summed E-state index contributed by atoms with van der Waals surface area (Å²) in [6, 6.07) is 0. The first-order valence-electron chi connectivity index (χ1n) is 16.1. The van der Waals surface area contributed by atoms with E-state index in [1.807, 2.05) is 0 Å². The molecule has 0 aromatic heterocycles. The second-order valence-corrected chi connectivity index (χ2v) is 9.75. The molecule has 0 amide bonds. The Hall–Kier alpha value is -2.48. The molecule has 0 rings (SSSR count). The van der Waals surface area contributed by atoms with E-state index in [4.69, 9.17) is 61.6 Å². The fourth-order valence-corrected chi connectivity index (χ4v) is 3.53. The van der Waals surface area contributed by atoms with Gasteiger partial charge in [0, 0.05) is 0 Å². The molecule has 48 heavy (non-hydrogen) atoms. The zero-order valence-corrected chi connectivity index (χ0v) is 29.0. The first-order chi connectivity index (χ1) is 23.3. The van der Waals surface area contributed by atoms with Crippen LogP contribution in [0.25, 0.3) is 0 Å². The molecule has 0 aliphatic carbocycles. The molecule has 17 heteroatoms. The highest BCUT2D eigenvalue weighted by atomic mass is 16.6. The van der Waals surface area contributed by atoms with Crippen LogP contribution < -0.4 is 0 Å².